The van der Waals surface area contributed by atoms with Gasteiger partial charge in [-0.1, -0.05) is 17.9 Å². The number of nitrogens with two attached hydrogens (primary N) is 1. The second kappa shape index (κ2) is 6.94. The van der Waals surface area contributed by atoms with Crippen LogP contribution in [0.2, 0.25) is 0 Å². The lowest BCUT2D eigenvalue weighted by Gasteiger charge is -2.06. The number of pyridine rings is 1. The first-order valence-corrected chi connectivity index (χ1v) is 6.09. The smallest absolute Gasteiger partial charge is 0.147 e. The average Bonchev–Trinajstić information content (AvgIpc) is 2.52. The molecule has 2 N–H and O–H groups in total. The molecule has 98 valence electrons. The van der Waals surface area contributed by atoms with Crippen molar-refractivity contribution in [1.82, 2.24) is 4.98 Å². The van der Waals surface area contributed by atoms with Crippen LogP contribution >= 0.6 is 0 Å². The quantitative estimate of drug-likeness (QED) is 0.858. The van der Waals surface area contributed by atoms with Crippen LogP contribution in [0.25, 0.3) is 0 Å². The highest BCUT2D eigenvalue weighted by Gasteiger charge is 2.03. The van der Waals surface area contributed by atoms with Crippen LogP contribution in [0.4, 0.5) is 0 Å². The number of hydrogen-bond acceptors (Lipinski definition) is 4. The van der Waals surface area contributed by atoms with Crippen LogP contribution in [-0.4, -0.2) is 11.5 Å². The number of hydrogen-bond donors (Lipinski definition) is 1. The van der Waals surface area contributed by atoms with Gasteiger partial charge in [-0.3, -0.25) is 0 Å². The SMILES string of the molecule is N#Cc1ncccc1COc1ccc(C#CCN)cc1. The summed E-state index contributed by atoms with van der Waals surface area (Å²) < 4.78 is 5.63. The van der Waals surface area contributed by atoms with Gasteiger partial charge in [-0.25, -0.2) is 4.98 Å². The molecule has 0 bridgehead atoms. The highest BCUT2D eigenvalue weighted by atomic mass is 16.5. The molecule has 0 aliphatic heterocycles. The van der Waals surface area contributed by atoms with E-state index in [-0.39, 0.29) is 0 Å². The third-order valence-electron chi connectivity index (χ3n) is 2.58. The summed E-state index contributed by atoms with van der Waals surface area (Å²) >= 11 is 0. The van der Waals surface area contributed by atoms with Gasteiger partial charge in [0, 0.05) is 17.3 Å². The Labute approximate surface area is 117 Å². The Bertz CT molecular complexity index is 675. The predicted molar refractivity (Wildman–Crippen MR) is 75.7 cm³/mol. The number of benzene rings is 1. The summed E-state index contributed by atoms with van der Waals surface area (Å²) in [7, 11) is 0. The molecule has 0 amide bonds. The van der Waals surface area contributed by atoms with E-state index in [2.05, 4.69) is 16.8 Å². The van der Waals surface area contributed by atoms with Crippen molar-refractivity contribution in [3.63, 3.8) is 0 Å². The van der Waals surface area contributed by atoms with Gasteiger partial charge in [-0.05, 0) is 30.3 Å². The average molecular weight is 263 g/mol. The van der Waals surface area contributed by atoms with Gasteiger partial charge in [0.05, 0.1) is 6.54 Å². The second-order valence-electron chi connectivity index (χ2n) is 3.94. The van der Waals surface area contributed by atoms with Gasteiger partial charge in [-0.2, -0.15) is 5.26 Å². The van der Waals surface area contributed by atoms with E-state index in [1.807, 2.05) is 36.4 Å². The summed E-state index contributed by atoms with van der Waals surface area (Å²) in [6.45, 7) is 0.654. The molecule has 0 saturated carbocycles. The van der Waals surface area contributed by atoms with Gasteiger partial charge in [-0.15, -0.1) is 0 Å². The van der Waals surface area contributed by atoms with E-state index in [0.717, 1.165) is 16.9 Å². The molecule has 0 spiro atoms. The largest absolute Gasteiger partial charge is 0.489 e. The molecule has 0 aliphatic rings. The lowest BCUT2D eigenvalue weighted by atomic mass is 10.2. The topological polar surface area (TPSA) is 71.9 Å². The molecule has 0 fully saturated rings. The minimum Gasteiger partial charge on any atom is -0.489 e. The van der Waals surface area contributed by atoms with Crippen LogP contribution < -0.4 is 10.5 Å². The zero-order valence-electron chi connectivity index (χ0n) is 10.8. The molecular formula is C16H13N3O. The molecule has 1 aromatic heterocycles. The molecule has 4 heteroatoms. The van der Waals surface area contributed by atoms with Crippen molar-refractivity contribution in [3.8, 4) is 23.7 Å². The molecule has 0 saturated heterocycles. The van der Waals surface area contributed by atoms with Gasteiger partial charge < -0.3 is 10.5 Å². The molecule has 0 radical (unpaired) electrons. The number of ether oxygens (including phenoxy) is 1. The molecule has 1 aromatic carbocycles. The summed E-state index contributed by atoms with van der Waals surface area (Å²) in [6.07, 6.45) is 1.59. The van der Waals surface area contributed by atoms with Crippen LogP contribution in [0.1, 0.15) is 16.8 Å². The van der Waals surface area contributed by atoms with Gasteiger partial charge >= 0.3 is 0 Å². The van der Waals surface area contributed by atoms with Crippen molar-refractivity contribution in [1.29, 1.82) is 5.26 Å². The summed E-state index contributed by atoms with van der Waals surface area (Å²) in [6, 6.07) is 13.1. The Hall–Kier alpha value is -2.82. The standard InChI is InChI=1S/C16H13N3O/c17-9-1-3-13-5-7-15(8-6-13)20-12-14-4-2-10-19-16(14)11-18/h2,4-8,10H,9,12,17H2. The van der Waals surface area contributed by atoms with E-state index in [0.29, 0.717) is 18.8 Å². The van der Waals surface area contributed by atoms with Crippen LogP contribution in [0, 0.1) is 23.2 Å². The first-order valence-electron chi connectivity index (χ1n) is 6.09. The van der Waals surface area contributed by atoms with E-state index < -0.39 is 0 Å². The Balaban J connectivity index is 2.02. The number of nitrogens with zero attached hydrogens (tertiary/aromatic N) is 2. The van der Waals surface area contributed by atoms with Crippen LogP contribution in [-0.2, 0) is 6.61 Å². The van der Waals surface area contributed by atoms with Crippen LogP contribution in [0.3, 0.4) is 0 Å². The van der Waals surface area contributed by atoms with E-state index in [1.54, 1.807) is 12.3 Å². The van der Waals surface area contributed by atoms with Crippen LogP contribution in [0.5, 0.6) is 5.75 Å². The second-order valence-corrected chi connectivity index (χ2v) is 3.94. The fraction of sp³-hybridized carbons (Fsp3) is 0.125. The number of nitriles is 1. The molecule has 2 aromatic rings. The summed E-state index contributed by atoms with van der Waals surface area (Å²) in [5.41, 5.74) is 7.36. The maximum Gasteiger partial charge on any atom is 0.147 e. The lowest BCUT2D eigenvalue weighted by molar-refractivity contribution is 0.305. The molecular weight excluding hydrogens is 250 g/mol. The number of aromatic nitrogens is 1. The van der Waals surface area contributed by atoms with E-state index in [4.69, 9.17) is 15.7 Å². The first-order chi connectivity index (χ1) is 9.83. The Morgan fingerprint density at radius 3 is 2.70 bits per heavy atom. The summed E-state index contributed by atoms with van der Waals surface area (Å²) in [5.74, 6) is 6.45. The van der Waals surface area contributed by atoms with Crippen molar-refractivity contribution in [2.45, 2.75) is 6.61 Å². The fourth-order valence-corrected chi connectivity index (χ4v) is 1.60. The van der Waals surface area contributed by atoms with Gasteiger partial charge in [0.25, 0.3) is 0 Å². The third-order valence-corrected chi connectivity index (χ3v) is 2.58. The zero-order valence-corrected chi connectivity index (χ0v) is 10.8. The van der Waals surface area contributed by atoms with Crippen molar-refractivity contribution in [3.05, 3.63) is 59.4 Å². The lowest BCUT2D eigenvalue weighted by Crippen LogP contribution is -1.99. The van der Waals surface area contributed by atoms with Crippen molar-refractivity contribution in [2.24, 2.45) is 5.73 Å². The minimum atomic E-state index is 0.310. The van der Waals surface area contributed by atoms with Gasteiger partial charge in [0.1, 0.15) is 24.1 Å². The molecule has 0 aliphatic carbocycles. The van der Waals surface area contributed by atoms with E-state index in [1.165, 1.54) is 0 Å². The molecule has 4 nitrogen and oxygen atoms in total. The summed E-state index contributed by atoms with van der Waals surface area (Å²) in [4.78, 5) is 3.99. The maximum atomic E-state index is 8.94. The molecule has 1 heterocycles. The molecule has 20 heavy (non-hydrogen) atoms. The monoisotopic (exact) mass is 263 g/mol. The predicted octanol–water partition coefficient (Wildman–Crippen LogP) is 1.84. The minimum absolute atomic E-state index is 0.310. The van der Waals surface area contributed by atoms with Gasteiger partial charge in [0.15, 0.2) is 0 Å². The van der Waals surface area contributed by atoms with E-state index >= 15 is 0 Å². The molecule has 0 atom stereocenters. The number of rotatable bonds is 3. The summed E-state index contributed by atoms with van der Waals surface area (Å²) in [5, 5.41) is 8.94. The zero-order chi connectivity index (χ0) is 14.2. The van der Waals surface area contributed by atoms with Crippen molar-refractivity contribution < 1.29 is 4.74 Å². The third kappa shape index (κ3) is 3.58. The van der Waals surface area contributed by atoms with Crippen molar-refractivity contribution >= 4 is 0 Å². The Morgan fingerprint density at radius 1 is 1.20 bits per heavy atom. The van der Waals surface area contributed by atoms with Crippen molar-refractivity contribution in [2.75, 3.05) is 6.54 Å². The van der Waals surface area contributed by atoms with E-state index in [9.17, 15) is 0 Å². The Morgan fingerprint density at radius 2 is 2.00 bits per heavy atom. The highest BCUT2D eigenvalue weighted by Crippen LogP contribution is 2.14. The first kappa shape index (κ1) is 13.6. The normalized spacial score (nSPS) is 9.20. The maximum absolute atomic E-state index is 8.94. The Kier molecular flexibility index (Phi) is 4.72. The fourth-order valence-electron chi connectivity index (χ4n) is 1.60. The highest BCUT2D eigenvalue weighted by molar-refractivity contribution is 5.38. The molecule has 0 unspecified atom stereocenters. The molecule has 2 rings (SSSR count). The van der Waals surface area contributed by atoms with Gasteiger partial charge in [0.2, 0.25) is 0 Å². The van der Waals surface area contributed by atoms with Crippen LogP contribution in [0.15, 0.2) is 42.6 Å².